The van der Waals surface area contributed by atoms with Gasteiger partial charge in [0.25, 0.3) is 0 Å². The average Bonchev–Trinajstić information content (AvgIpc) is 3.34. The van der Waals surface area contributed by atoms with Gasteiger partial charge in [-0.15, -0.1) is 0 Å². The van der Waals surface area contributed by atoms with Gasteiger partial charge in [-0.3, -0.25) is 0 Å². The molecule has 2 aliphatic carbocycles. The van der Waals surface area contributed by atoms with Crippen molar-refractivity contribution in [2.75, 3.05) is 6.54 Å². The lowest BCUT2D eigenvalue weighted by Gasteiger charge is -2.25. The van der Waals surface area contributed by atoms with Gasteiger partial charge in [0.05, 0.1) is 0 Å². The lowest BCUT2D eigenvalue weighted by Crippen LogP contribution is -2.33. The molecule has 1 aliphatic heterocycles. The predicted octanol–water partition coefficient (Wildman–Crippen LogP) is 5.46. The molecule has 21 heavy (non-hydrogen) atoms. The van der Waals surface area contributed by atoms with Gasteiger partial charge in [0.1, 0.15) is 0 Å². The van der Waals surface area contributed by atoms with E-state index in [1.165, 1.54) is 90.0 Å². The molecule has 3 aliphatic rings. The van der Waals surface area contributed by atoms with E-state index in [4.69, 9.17) is 0 Å². The first-order valence-electron chi connectivity index (χ1n) is 9.82. The van der Waals surface area contributed by atoms with Crippen LogP contribution >= 0.6 is 0 Å². The molecule has 0 aromatic heterocycles. The molecule has 3 unspecified atom stereocenters. The quantitative estimate of drug-likeness (QED) is 0.585. The van der Waals surface area contributed by atoms with E-state index < -0.39 is 0 Å². The van der Waals surface area contributed by atoms with Crippen LogP contribution in [0.4, 0.5) is 0 Å². The standard InChI is InChI=1S/C20H35N/c1-2-16-21-20(8-1)9-4-7-19-14-12-18(13-15-19)6-3-5-17-10-11-17/h12,14,17-21H,1-11,13,15-16H2. The minimum absolute atomic E-state index is 0.835. The first-order valence-corrected chi connectivity index (χ1v) is 9.82. The Morgan fingerprint density at radius 1 is 0.714 bits per heavy atom. The molecular weight excluding hydrogens is 254 g/mol. The van der Waals surface area contributed by atoms with Gasteiger partial charge in [0, 0.05) is 6.04 Å². The molecule has 1 saturated carbocycles. The van der Waals surface area contributed by atoms with Gasteiger partial charge in [0.2, 0.25) is 0 Å². The summed E-state index contributed by atoms with van der Waals surface area (Å²) >= 11 is 0. The number of hydrogen-bond acceptors (Lipinski definition) is 1. The minimum atomic E-state index is 0.835. The molecule has 3 rings (SSSR count). The fraction of sp³-hybridized carbons (Fsp3) is 0.900. The van der Waals surface area contributed by atoms with E-state index in [1.807, 2.05) is 0 Å². The molecule has 3 atom stereocenters. The molecule has 1 saturated heterocycles. The van der Waals surface area contributed by atoms with Gasteiger partial charge in [-0.1, -0.05) is 50.7 Å². The summed E-state index contributed by atoms with van der Waals surface area (Å²) in [5.41, 5.74) is 0. The third-order valence-corrected chi connectivity index (χ3v) is 5.99. The van der Waals surface area contributed by atoms with Gasteiger partial charge in [-0.05, 0) is 69.2 Å². The molecule has 0 radical (unpaired) electrons. The van der Waals surface area contributed by atoms with E-state index in [9.17, 15) is 0 Å². The fourth-order valence-corrected chi connectivity index (χ4v) is 4.29. The van der Waals surface area contributed by atoms with Crippen LogP contribution in [0.25, 0.3) is 0 Å². The molecule has 0 spiro atoms. The third kappa shape index (κ3) is 5.77. The number of rotatable bonds is 8. The van der Waals surface area contributed by atoms with Crippen molar-refractivity contribution in [1.29, 1.82) is 0 Å². The van der Waals surface area contributed by atoms with E-state index in [-0.39, 0.29) is 0 Å². The summed E-state index contributed by atoms with van der Waals surface area (Å²) in [4.78, 5) is 0. The molecule has 0 aromatic carbocycles. The Balaban J connectivity index is 1.25. The van der Waals surface area contributed by atoms with Crippen molar-refractivity contribution in [2.24, 2.45) is 17.8 Å². The zero-order chi connectivity index (χ0) is 14.3. The van der Waals surface area contributed by atoms with Crippen molar-refractivity contribution in [3.05, 3.63) is 12.2 Å². The molecule has 1 heteroatoms. The van der Waals surface area contributed by atoms with Crippen LogP contribution in [0.5, 0.6) is 0 Å². The van der Waals surface area contributed by atoms with Crippen molar-refractivity contribution >= 4 is 0 Å². The molecule has 0 aromatic rings. The van der Waals surface area contributed by atoms with Gasteiger partial charge in [-0.2, -0.15) is 0 Å². The Labute approximate surface area is 132 Å². The van der Waals surface area contributed by atoms with E-state index in [0.717, 1.165) is 23.8 Å². The first-order chi connectivity index (χ1) is 10.4. The fourth-order valence-electron chi connectivity index (χ4n) is 4.29. The molecule has 120 valence electrons. The van der Waals surface area contributed by atoms with Gasteiger partial charge >= 0.3 is 0 Å². The van der Waals surface area contributed by atoms with Crippen LogP contribution in [0.3, 0.4) is 0 Å². The highest BCUT2D eigenvalue weighted by Crippen LogP contribution is 2.36. The zero-order valence-electron chi connectivity index (χ0n) is 13.9. The van der Waals surface area contributed by atoms with Gasteiger partial charge < -0.3 is 5.32 Å². The highest BCUT2D eigenvalue weighted by atomic mass is 14.9. The highest BCUT2D eigenvalue weighted by Gasteiger charge is 2.22. The molecule has 1 nitrogen and oxygen atoms in total. The number of nitrogens with one attached hydrogen (secondary N) is 1. The van der Waals surface area contributed by atoms with Crippen molar-refractivity contribution in [1.82, 2.24) is 5.32 Å². The Morgan fingerprint density at radius 3 is 2.00 bits per heavy atom. The Kier molecular flexibility index (Phi) is 6.21. The van der Waals surface area contributed by atoms with E-state index in [2.05, 4.69) is 17.5 Å². The second-order valence-corrected chi connectivity index (χ2v) is 7.93. The van der Waals surface area contributed by atoms with Crippen LogP contribution in [-0.4, -0.2) is 12.6 Å². The molecule has 1 heterocycles. The molecular formula is C20H35N. The molecule has 0 bridgehead atoms. The summed E-state index contributed by atoms with van der Waals surface area (Å²) in [6.45, 7) is 1.26. The van der Waals surface area contributed by atoms with E-state index >= 15 is 0 Å². The monoisotopic (exact) mass is 289 g/mol. The van der Waals surface area contributed by atoms with Crippen LogP contribution in [-0.2, 0) is 0 Å². The lowest BCUT2D eigenvalue weighted by atomic mass is 9.83. The summed E-state index contributed by atoms with van der Waals surface area (Å²) in [6, 6.07) is 0.835. The lowest BCUT2D eigenvalue weighted by molar-refractivity contribution is 0.351. The maximum Gasteiger partial charge on any atom is 0.00670 e. The second kappa shape index (κ2) is 8.36. The van der Waals surface area contributed by atoms with Crippen LogP contribution in [0, 0.1) is 17.8 Å². The summed E-state index contributed by atoms with van der Waals surface area (Å²) in [6.07, 6.45) is 24.1. The average molecular weight is 290 g/mol. The first kappa shape index (κ1) is 15.6. The number of allylic oxidation sites excluding steroid dienone is 2. The van der Waals surface area contributed by atoms with E-state index in [1.54, 1.807) is 0 Å². The van der Waals surface area contributed by atoms with Crippen molar-refractivity contribution in [3.63, 3.8) is 0 Å². The normalized spacial score (nSPS) is 33.2. The Bertz CT molecular complexity index is 312. The van der Waals surface area contributed by atoms with Crippen molar-refractivity contribution in [2.45, 2.75) is 89.5 Å². The van der Waals surface area contributed by atoms with Gasteiger partial charge in [0.15, 0.2) is 0 Å². The zero-order valence-corrected chi connectivity index (χ0v) is 13.9. The van der Waals surface area contributed by atoms with E-state index in [0.29, 0.717) is 0 Å². The second-order valence-electron chi connectivity index (χ2n) is 7.93. The Morgan fingerprint density at radius 2 is 1.43 bits per heavy atom. The van der Waals surface area contributed by atoms with Crippen molar-refractivity contribution in [3.8, 4) is 0 Å². The maximum atomic E-state index is 3.68. The molecule has 1 N–H and O–H groups in total. The molecule has 2 fully saturated rings. The number of hydrogen-bond donors (Lipinski definition) is 1. The Hall–Kier alpha value is -0.300. The largest absolute Gasteiger partial charge is 0.314 e. The third-order valence-electron chi connectivity index (χ3n) is 5.99. The summed E-state index contributed by atoms with van der Waals surface area (Å²) in [5.74, 6) is 2.94. The highest BCUT2D eigenvalue weighted by molar-refractivity contribution is 4.98. The topological polar surface area (TPSA) is 12.0 Å². The molecule has 0 amide bonds. The summed E-state index contributed by atoms with van der Waals surface area (Å²) in [7, 11) is 0. The smallest absolute Gasteiger partial charge is 0.00670 e. The van der Waals surface area contributed by atoms with Crippen LogP contribution in [0.1, 0.15) is 83.5 Å². The van der Waals surface area contributed by atoms with Crippen LogP contribution in [0.2, 0.25) is 0 Å². The number of piperidine rings is 1. The van der Waals surface area contributed by atoms with Crippen LogP contribution < -0.4 is 5.32 Å². The summed E-state index contributed by atoms with van der Waals surface area (Å²) in [5, 5.41) is 3.68. The minimum Gasteiger partial charge on any atom is -0.314 e. The van der Waals surface area contributed by atoms with Crippen LogP contribution in [0.15, 0.2) is 12.2 Å². The summed E-state index contributed by atoms with van der Waals surface area (Å²) < 4.78 is 0. The predicted molar refractivity (Wildman–Crippen MR) is 91.4 cm³/mol. The maximum absolute atomic E-state index is 3.68. The van der Waals surface area contributed by atoms with Gasteiger partial charge in [-0.25, -0.2) is 0 Å². The SMILES string of the molecule is C1=CC(CCCC2CCCCN2)CCC1CCCC1CC1. The van der Waals surface area contributed by atoms with Crippen molar-refractivity contribution < 1.29 is 0 Å².